The molecule has 184 valence electrons. The average molecular weight is 473 g/mol. The van der Waals surface area contributed by atoms with E-state index in [0.717, 1.165) is 34.2 Å². The van der Waals surface area contributed by atoms with Crippen LogP contribution < -0.4 is 10.1 Å². The number of hydrogen-bond donors (Lipinski definition) is 1. The van der Waals surface area contributed by atoms with Crippen molar-refractivity contribution in [2.45, 2.75) is 53.1 Å². The molecule has 0 spiro atoms. The summed E-state index contributed by atoms with van der Waals surface area (Å²) in [6.07, 6.45) is 1.25. The summed E-state index contributed by atoms with van der Waals surface area (Å²) in [5.41, 5.74) is 5.12. The van der Waals surface area contributed by atoms with Crippen molar-refractivity contribution in [2.24, 2.45) is 0 Å². The molecule has 0 radical (unpaired) electrons. The molecule has 2 amide bonds. The highest BCUT2D eigenvalue weighted by Gasteiger charge is 2.30. The molecule has 1 atom stereocenters. The van der Waals surface area contributed by atoms with E-state index >= 15 is 0 Å². The first-order chi connectivity index (χ1) is 16.9. The molecule has 35 heavy (non-hydrogen) atoms. The molecule has 0 aliphatic rings. The highest BCUT2D eigenvalue weighted by Crippen LogP contribution is 2.20. The molecule has 3 rings (SSSR count). The molecule has 0 heterocycles. The van der Waals surface area contributed by atoms with E-state index in [1.807, 2.05) is 94.4 Å². The van der Waals surface area contributed by atoms with E-state index in [1.54, 1.807) is 4.90 Å². The maximum absolute atomic E-state index is 13.6. The van der Waals surface area contributed by atoms with E-state index in [9.17, 15) is 9.59 Å². The average Bonchev–Trinajstić information content (AvgIpc) is 2.85. The Kier molecular flexibility index (Phi) is 9.47. The fourth-order valence-electron chi connectivity index (χ4n) is 4.01. The Bertz CT molecular complexity index is 1130. The van der Waals surface area contributed by atoms with Gasteiger partial charge in [0.15, 0.2) is 6.61 Å². The fourth-order valence-corrected chi connectivity index (χ4v) is 4.01. The summed E-state index contributed by atoms with van der Waals surface area (Å²) in [5, 5.41) is 3.00. The van der Waals surface area contributed by atoms with Gasteiger partial charge in [0, 0.05) is 19.5 Å². The number of aryl methyl sites for hydroxylation is 3. The zero-order valence-corrected chi connectivity index (χ0v) is 21.2. The zero-order chi connectivity index (χ0) is 25.2. The van der Waals surface area contributed by atoms with Crippen LogP contribution in [-0.2, 0) is 22.6 Å². The van der Waals surface area contributed by atoms with Crippen LogP contribution >= 0.6 is 0 Å². The lowest BCUT2D eigenvalue weighted by Gasteiger charge is -2.31. The van der Waals surface area contributed by atoms with Crippen LogP contribution in [-0.4, -0.2) is 35.9 Å². The molecule has 0 unspecified atom stereocenters. The third-order valence-corrected chi connectivity index (χ3v) is 5.95. The Hall–Kier alpha value is -3.60. The summed E-state index contributed by atoms with van der Waals surface area (Å²) in [4.78, 5) is 28.6. The van der Waals surface area contributed by atoms with Crippen molar-refractivity contribution in [3.05, 3.63) is 101 Å². The third-order valence-electron chi connectivity index (χ3n) is 5.95. The second kappa shape index (κ2) is 12.7. The first kappa shape index (κ1) is 26.0. The molecule has 0 saturated carbocycles. The van der Waals surface area contributed by atoms with Gasteiger partial charge >= 0.3 is 0 Å². The highest BCUT2D eigenvalue weighted by molar-refractivity contribution is 5.88. The van der Waals surface area contributed by atoms with Gasteiger partial charge in [-0.05, 0) is 55.5 Å². The van der Waals surface area contributed by atoms with Crippen LogP contribution in [0.3, 0.4) is 0 Å². The van der Waals surface area contributed by atoms with Crippen molar-refractivity contribution in [2.75, 3.05) is 13.2 Å². The Balaban J connectivity index is 1.91. The molecule has 0 fully saturated rings. The predicted octanol–water partition coefficient (Wildman–Crippen LogP) is 5.16. The number of carbonyl (C=O) groups excluding carboxylic acids is 2. The van der Waals surface area contributed by atoms with Crippen LogP contribution in [0.25, 0.3) is 0 Å². The smallest absolute Gasteiger partial charge is 0.261 e. The van der Waals surface area contributed by atoms with E-state index in [-0.39, 0.29) is 18.4 Å². The zero-order valence-electron chi connectivity index (χ0n) is 21.2. The summed E-state index contributed by atoms with van der Waals surface area (Å²) in [5.74, 6) is 0.312. The minimum atomic E-state index is -0.654. The predicted molar refractivity (Wildman–Crippen MR) is 140 cm³/mol. The Morgan fingerprint density at radius 1 is 0.886 bits per heavy atom. The quantitative estimate of drug-likeness (QED) is 0.420. The Labute approximate surface area is 209 Å². The minimum Gasteiger partial charge on any atom is -0.483 e. The molecule has 5 heteroatoms. The number of carbonyl (C=O) groups is 2. The van der Waals surface area contributed by atoms with Crippen LogP contribution in [0, 0.1) is 20.8 Å². The van der Waals surface area contributed by atoms with E-state index in [2.05, 4.69) is 11.4 Å². The van der Waals surface area contributed by atoms with Crippen molar-refractivity contribution in [1.29, 1.82) is 0 Å². The highest BCUT2D eigenvalue weighted by atomic mass is 16.5. The van der Waals surface area contributed by atoms with Crippen molar-refractivity contribution < 1.29 is 14.3 Å². The lowest BCUT2D eigenvalue weighted by molar-refractivity contribution is -0.142. The number of nitrogens with zero attached hydrogens (tertiary/aromatic N) is 1. The van der Waals surface area contributed by atoms with Crippen molar-refractivity contribution in [1.82, 2.24) is 10.2 Å². The number of rotatable bonds is 11. The normalized spacial score (nSPS) is 11.5. The van der Waals surface area contributed by atoms with Gasteiger partial charge in [-0.15, -0.1) is 0 Å². The second-order valence-electron chi connectivity index (χ2n) is 9.06. The first-order valence-corrected chi connectivity index (χ1v) is 12.2. The molecule has 3 aromatic rings. The van der Waals surface area contributed by atoms with Crippen molar-refractivity contribution >= 4 is 11.8 Å². The lowest BCUT2D eigenvalue weighted by Crippen LogP contribution is -2.51. The molecule has 0 aliphatic carbocycles. The monoisotopic (exact) mass is 472 g/mol. The van der Waals surface area contributed by atoms with E-state index < -0.39 is 6.04 Å². The van der Waals surface area contributed by atoms with E-state index in [1.165, 1.54) is 0 Å². The molecule has 0 saturated heterocycles. The van der Waals surface area contributed by atoms with Crippen LogP contribution in [0.15, 0.2) is 72.8 Å². The van der Waals surface area contributed by atoms with Crippen LogP contribution in [0.1, 0.15) is 41.2 Å². The molecule has 0 bridgehead atoms. The van der Waals surface area contributed by atoms with Crippen LogP contribution in [0.5, 0.6) is 5.75 Å². The van der Waals surface area contributed by atoms with Gasteiger partial charge in [0.2, 0.25) is 5.91 Å². The van der Waals surface area contributed by atoms with Gasteiger partial charge in [0.05, 0.1) is 0 Å². The minimum absolute atomic E-state index is 0.136. The number of amides is 2. The third kappa shape index (κ3) is 7.71. The second-order valence-corrected chi connectivity index (χ2v) is 9.06. The largest absolute Gasteiger partial charge is 0.483 e. The number of nitrogens with one attached hydrogen (secondary N) is 1. The Morgan fingerprint density at radius 3 is 2.31 bits per heavy atom. The summed E-state index contributed by atoms with van der Waals surface area (Å²) in [6.45, 7) is 8.74. The van der Waals surface area contributed by atoms with E-state index in [4.69, 9.17) is 4.74 Å². The summed E-state index contributed by atoms with van der Waals surface area (Å²) in [7, 11) is 0. The summed E-state index contributed by atoms with van der Waals surface area (Å²) < 4.78 is 5.96. The fraction of sp³-hybridized carbons (Fsp3) is 0.333. The van der Waals surface area contributed by atoms with Gasteiger partial charge in [-0.2, -0.15) is 0 Å². The lowest BCUT2D eigenvalue weighted by atomic mass is 10.0. The van der Waals surface area contributed by atoms with Gasteiger partial charge in [-0.25, -0.2) is 0 Å². The molecular formula is C30H36N2O3. The van der Waals surface area contributed by atoms with Gasteiger partial charge in [-0.1, -0.05) is 79.2 Å². The van der Waals surface area contributed by atoms with Crippen molar-refractivity contribution in [3.63, 3.8) is 0 Å². The van der Waals surface area contributed by atoms with E-state index in [0.29, 0.717) is 25.3 Å². The SMILES string of the molecule is CCCNC(=O)[C@@H](Cc1ccccc1)N(Cc1cccc(C)c1)C(=O)COc1cc(C)ccc1C. The molecule has 3 aromatic carbocycles. The summed E-state index contributed by atoms with van der Waals surface area (Å²) >= 11 is 0. The number of benzene rings is 3. The van der Waals surface area contributed by atoms with Gasteiger partial charge < -0.3 is 15.0 Å². The van der Waals surface area contributed by atoms with Gasteiger partial charge in [-0.3, -0.25) is 9.59 Å². The van der Waals surface area contributed by atoms with Crippen molar-refractivity contribution in [3.8, 4) is 5.75 Å². The van der Waals surface area contributed by atoms with Crippen LogP contribution in [0.2, 0.25) is 0 Å². The summed E-state index contributed by atoms with van der Waals surface area (Å²) in [6, 6.07) is 23.1. The molecule has 1 N–H and O–H groups in total. The van der Waals surface area contributed by atoms with Gasteiger partial charge in [0.1, 0.15) is 11.8 Å². The Morgan fingerprint density at radius 2 is 1.60 bits per heavy atom. The molecule has 5 nitrogen and oxygen atoms in total. The maximum Gasteiger partial charge on any atom is 0.261 e. The molecule has 0 aliphatic heterocycles. The topological polar surface area (TPSA) is 58.6 Å². The number of hydrogen-bond acceptors (Lipinski definition) is 3. The molecular weight excluding hydrogens is 436 g/mol. The number of ether oxygens (including phenoxy) is 1. The van der Waals surface area contributed by atoms with Gasteiger partial charge in [0.25, 0.3) is 5.91 Å². The van der Waals surface area contributed by atoms with Crippen LogP contribution in [0.4, 0.5) is 0 Å². The molecule has 0 aromatic heterocycles. The maximum atomic E-state index is 13.6. The standard InChI is InChI=1S/C30H36N2O3/c1-5-16-31-30(34)27(19-25-11-7-6-8-12-25)32(20-26-13-9-10-22(2)17-26)29(33)21-35-28-18-23(3)14-15-24(28)4/h6-15,17-18,27H,5,16,19-21H2,1-4H3,(H,31,34)/t27-/m1/s1. The first-order valence-electron chi connectivity index (χ1n) is 12.2.